The fraction of sp³-hybridized carbons (Fsp3) is 0.583. The molecule has 2 aromatic rings. The molecule has 0 spiro atoms. The van der Waals surface area contributed by atoms with E-state index in [1.54, 1.807) is 4.52 Å². The van der Waals surface area contributed by atoms with E-state index in [2.05, 4.69) is 25.3 Å². The molecular formula is C12H19ClN6O. The average Bonchev–Trinajstić information content (AvgIpc) is 2.84. The number of fused-ring (bicyclic) bond motifs is 1. The average molecular weight is 299 g/mol. The molecule has 7 nitrogen and oxygen atoms in total. The molecule has 0 aliphatic heterocycles. The lowest BCUT2D eigenvalue weighted by atomic mass is 10.3. The summed E-state index contributed by atoms with van der Waals surface area (Å²) < 4.78 is 7.17. The van der Waals surface area contributed by atoms with Crippen molar-refractivity contribution in [3.63, 3.8) is 0 Å². The van der Waals surface area contributed by atoms with E-state index < -0.39 is 0 Å². The Labute approximate surface area is 122 Å². The molecule has 2 aromatic heterocycles. The van der Waals surface area contributed by atoms with Gasteiger partial charge in [0.1, 0.15) is 17.3 Å². The van der Waals surface area contributed by atoms with E-state index in [9.17, 15) is 0 Å². The highest BCUT2D eigenvalue weighted by atomic mass is 35.5. The van der Waals surface area contributed by atoms with Gasteiger partial charge < -0.3 is 15.0 Å². The zero-order valence-electron chi connectivity index (χ0n) is 11.9. The minimum atomic E-state index is 0.432. The highest BCUT2D eigenvalue weighted by molar-refractivity contribution is 6.30. The van der Waals surface area contributed by atoms with Crippen LogP contribution in [0, 0.1) is 6.92 Å². The number of nitrogens with zero attached hydrogens (tertiary/aromatic N) is 5. The molecule has 2 heterocycles. The van der Waals surface area contributed by atoms with E-state index in [4.69, 9.17) is 16.3 Å². The van der Waals surface area contributed by atoms with Crippen LogP contribution in [0.2, 0.25) is 5.15 Å². The van der Waals surface area contributed by atoms with Crippen molar-refractivity contribution >= 4 is 23.2 Å². The highest BCUT2D eigenvalue weighted by Gasteiger charge is 2.11. The Balaban J connectivity index is 1.92. The molecule has 2 rings (SSSR count). The number of ether oxygens (including phenoxy) is 1. The van der Waals surface area contributed by atoms with Crippen LogP contribution in [0.4, 0.5) is 5.82 Å². The molecule has 0 saturated heterocycles. The Morgan fingerprint density at radius 1 is 1.40 bits per heavy atom. The normalized spacial score (nSPS) is 11.4. The molecule has 0 aromatic carbocycles. The van der Waals surface area contributed by atoms with E-state index in [1.807, 2.05) is 21.0 Å². The van der Waals surface area contributed by atoms with Gasteiger partial charge in [-0.2, -0.15) is 19.6 Å². The smallest absolute Gasteiger partial charge is 0.255 e. The topological polar surface area (TPSA) is 67.6 Å². The van der Waals surface area contributed by atoms with E-state index >= 15 is 0 Å². The first-order valence-corrected chi connectivity index (χ1v) is 6.79. The lowest BCUT2D eigenvalue weighted by Crippen LogP contribution is -2.20. The minimum absolute atomic E-state index is 0.432. The maximum absolute atomic E-state index is 6.08. The summed E-state index contributed by atoms with van der Waals surface area (Å²) in [6.07, 6.45) is 1.46. The highest BCUT2D eigenvalue weighted by Crippen LogP contribution is 2.21. The van der Waals surface area contributed by atoms with Gasteiger partial charge >= 0.3 is 0 Å². The number of nitrogens with one attached hydrogen (secondary N) is 1. The first-order valence-electron chi connectivity index (χ1n) is 6.41. The van der Waals surface area contributed by atoms with Crippen LogP contribution < -0.4 is 5.32 Å². The molecule has 20 heavy (non-hydrogen) atoms. The van der Waals surface area contributed by atoms with Crippen LogP contribution in [0.15, 0.2) is 6.33 Å². The summed E-state index contributed by atoms with van der Waals surface area (Å²) in [6, 6.07) is 0. The Hall–Kier alpha value is -1.44. The minimum Gasteiger partial charge on any atom is -0.378 e. The number of likely N-dealkylation sites (N-methyl/N-ethyl adjacent to an activating group) is 1. The number of hydrogen-bond donors (Lipinski definition) is 1. The zero-order valence-corrected chi connectivity index (χ0v) is 12.7. The van der Waals surface area contributed by atoms with Crippen molar-refractivity contribution < 1.29 is 4.74 Å². The second-order valence-corrected chi connectivity index (χ2v) is 5.05. The summed E-state index contributed by atoms with van der Waals surface area (Å²) in [5, 5.41) is 7.83. The molecule has 0 radical (unpaired) electrons. The Kier molecular flexibility index (Phi) is 5.11. The van der Waals surface area contributed by atoms with Gasteiger partial charge in [-0.15, -0.1) is 0 Å². The lowest BCUT2D eigenvalue weighted by molar-refractivity contribution is 0.126. The number of rotatable bonds is 7. The van der Waals surface area contributed by atoms with E-state index in [0.29, 0.717) is 30.7 Å². The molecule has 1 N–H and O–H groups in total. The fourth-order valence-electron chi connectivity index (χ4n) is 1.70. The quantitative estimate of drug-likeness (QED) is 0.609. The van der Waals surface area contributed by atoms with Gasteiger partial charge in [0.25, 0.3) is 5.78 Å². The van der Waals surface area contributed by atoms with Gasteiger partial charge in [-0.1, -0.05) is 11.6 Å². The van der Waals surface area contributed by atoms with Gasteiger partial charge in [0, 0.05) is 18.7 Å². The van der Waals surface area contributed by atoms with Crippen LogP contribution in [0.5, 0.6) is 0 Å². The molecule has 8 heteroatoms. The third kappa shape index (κ3) is 3.56. The molecule has 110 valence electrons. The predicted molar refractivity (Wildman–Crippen MR) is 78.4 cm³/mol. The molecule has 0 saturated carbocycles. The van der Waals surface area contributed by atoms with Crippen molar-refractivity contribution in [2.24, 2.45) is 0 Å². The second kappa shape index (κ2) is 6.83. The molecule has 0 amide bonds. The molecule has 0 fully saturated rings. The second-order valence-electron chi connectivity index (χ2n) is 4.69. The van der Waals surface area contributed by atoms with Crippen molar-refractivity contribution in [3.05, 3.63) is 17.0 Å². The Morgan fingerprint density at radius 2 is 2.20 bits per heavy atom. The summed E-state index contributed by atoms with van der Waals surface area (Å²) in [4.78, 5) is 10.3. The monoisotopic (exact) mass is 298 g/mol. The van der Waals surface area contributed by atoms with Gasteiger partial charge in [0.05, 0.1) is 13.2 Å². The number of hydrogen-bond acceptors (Lipinski definition) is 6. The van der Waals surface area contributed by atoms with Gasteiger partial charge in [-0.3, -0.25) is 0 Å². The standard InChI is InChI=1S/C12H19ClN6O/c1-9-10(13)17-12-15-8-16-19(12)11(9)14-4-6-20-7-5-18(2)3/h8,14H,4-7H2,1-3H3. The molecule has 0 aliphatic carbocycles. The fourth-order valence-corrected chi connectivity index (χ4v) is 1.86. The van der Waals surface area contributed by atoms with E-state index in [0.717, 1.165) is 17.9 Å². The summed E-state index contributed by atoms with van der Waals surface area (Å²) in [5.41, 5.74) is 0.845. The molecule has 0 atom stereocenters. The van der Waals surface area contributed by atoms with Crippen molar-refractivity contribution in [2.75, 3.05) is 45.7 Å². The van der Waals surface area contributed by atoms with E-state index in [1.165, 1.54) is 6.33 Å². The van der Waals surface area contributed by atoms with Gasteiger partial charge in [0.2, 0.25) is 0 Å². The summed E-state index contributed by atoms with van der Waals surface area (Å²) in [6.45, 7) is 4.80. The summed E-state index contributed by atoms with van der Waals surface area (Å²) >= 11 is 6.08. The van der Waals surface area contributed by atoms with Gasteiger partial charge in [-0.25, -0.2) is 0 Å². The third-order valence-electron chi connectivity index (χ3n) is 2.83. The first kappa shape index (κ1) is 15.0. The molecule has 0 bridgehead atoms. The lowest BCUT2D eigenvalue weighted by Gasteiger charge is -2.13. The first-order chi connectivity index (χ1) is 9.59. The summed E-state index contributed by atoms with van der Waals surface area (Å²) in [5.74, 6) is 1.28. The maximum atomic E-state index is 6.08. The van der Waals surface area contributed by atoms with E-state index in [-0.39, 0.29) is 0 Å². The number of anilines is 1. The maximum Gasteiger partial charge on any atom is 0.255 e. The van der Waals surface area contributed by atoms with Crippen LogP contribution in [-0.4, -0.2) is 64.9 Å². The largest absolute Gasteiger partial charge is 0.378 e. The Morgan fingerprint density at radius 3 is 2.95 bits per heavy atom. The van der Waals surface area contributed by atoms with Crippen LogP contribution in [-0.2, 0) is 4.74 Å². The molecular weight excluding hydrogens is 280 g/mol. The van der Waals surface area contributed by atoms with Gasteiger partial charge in [0.15, 0.2) is 0 Å². The Bertz CT molecular complexity index is 570. The van der Waals surface area contributed by atoms with Gasteiger partial charge in [-0.05, 0) is 21.0 Å². The van der Waals surface area contributed by atoms with Crippen LogP contribution in [0.3, 0.4) is 0 Å². The van der Waals surface area contributed by atoms with Crippen molar-refractivity contribution in [1.29, 1.82) is 0 Å². The molecule has 0 aliphatic rings. The van der Waals surface area contributed by atoms with Crippen molar-refractivity contribution in [1.82, 2.24) is 24.5 Å². The predicted octanol–water partition coefficient (Wildman–Crippen LogP) is 1.08. The number of aromatic nitrogens is 4. The SMILES string of the molecule is Cc1c(Cl)nc2ncnn2c1NCCOCCN(C)C. The summed E-state index contributed by atoms with van der Waals surface area (Å²) in [7, 11) is 4.04. The van der Waals surface area contributed by atoms with Crippen LogP contribution >= 0.6 is 11.6 Å². The van der Waals surface area contributed by atoms with Crippen molar-refractivity contribution in [2.45, 2.75) is 6.92 Å². The molecule has 0 unspecified atom stereocenters. The zero-order chi connectivity index (χ0) is 14.5. The van der Waals surface area contributed by atoms with Crippen LogP contribution in [0.1, 0.15) is 5.56 Å². The number of halogens is 1. The third-order valence-corrected chi connectivity index (χ3v) is 3.19. The van der Waals surface area contributed by atoms with Crippen molar-refractivity contribution in [3.8, 4) is 0 Å². The van der Waals surface area contributed by atoms with Crippen LogP contribution in [0.25, 0.3) is 5.78 Å².